The molecule has 0 radical (unpaired) electrons. The summed E-state index contributed by atoms with van der Waals surface area (Å²) in [6.45, 7) is 5.87. The Labute approximate surface area is 99.8 Å². The quantitative estimate of drug-likeness (QED) is 0.462. The lowest BCUT2D eigenvalue weighted by Gasteiger charge is -2.23. The van der Waals surface area contributed by atoms with Gasteiger partial charge in [0.05, 0.1) is 4.92 Å². The Morgan fingerprint density at radius 3 is 2.50 bits per heavy atom. The maximum atomic E-state index is 10.9. The fraction of sp³-hybridized carbons (Fsp3) is 0.545. The normalized spacial score (nSPS) is 14.8. The van der Waals surface area contributed by atoms with Gasteiger partial charge in [0.1, 0.15) is 6.20 Å². The number of rotatable bonds is 4. The molecule has 0 aliphatic rings. The molecule has 1 aromatic heterocycles. The zero-order valence-electron chi connectivity index (χ0n) is 9.55. The molecule has 1 rings (SSSR count). The number of nitrogens with zero attached hydrogens (tertiary/aromatic N) is 2. The molecule has 0 saturated heterocycles. The molecule has 0 spiro atoms. The van der Waals surface area contributed by atoms with Crippen LogP contribution in [0.25, 0.3) is 0 Å². The van der Waals surface area contributed by atoms with E-state index in [-0.39, 0.29) is 22.9 Å². The monoisotopic (exact) mass is 242 g/mol. The molecule has 0 saturated carbocycles. The van der Waals surface area contributed by atoms with Crippen LogP contribution >= 0.6 is 11.6 Å². The van der Waals surface area contributed by atoms with Gasteiger partial charge in [-0.05, 0) is 18.9 Å². The van der Waals surface area contributed by atoms with Gasteiger partial charge in [0, 0.05) is 23.1 Å². The minimum atomic E-state index is -0.406. The van der Waals surface area contributed by atoms with Crippen LogP contribution in [0, 0.1) is 16.0 Å². The summed E-state index contributed by atoms with van der Waals surface area (Å²) < 4.78 is 0. The summed E-state index contributed by atoms with van der Waals surface area (Å²) >= 11 is 6.11. The van der Waals surface area contributed by atoms with Crippen molar-refractivity contribution in [3.8, 4) is 0 Å². The number of aromatic nitrogens is 1. The van der Waals surface area contributed by atoms with E-state index in [4.69, 9.17) is 11.6 Å². The number of hydrogen-bond acceptors (Lipinski definition) is 3. The minimum absolute atomic E-state index is 0.0370. The van der Waals surface area contributed by atoms with Crippen LogP contribution in [0.15, 0.2) is 18.5 Å². The van der Waals surface area contributed by atoms with Crippen molar-refractivity contribution in [3.05, 3.63) is 34.1 Å². The molecule has 1 aromatic rings. The van der Waals surface area contributed by atoms with Gasteiger partial charge in [-0.1, -0.05) is 13.8 Å². The highest BCUT2D eigenvalue weighted by Gasteiger charge is 2.28. The number of nitro groups is 1. The number of hydrogen-bond donors (Lipinski definition) is 0. The van der Waals surface area contributed by atoms with E-state index in [9.17, 15) is 10.1 Å². The average Bonchev–Trinajstić information content (AvgIpc) is 2.17. The Morgan fingerprint density at radius 2 is 2.06 bits per heavy atom. The van der Waals surface area contributed by atoms with Crippen molar-refractivity contribution in [2.45, 2.75) is 32.1 Å². The third-order valence-electron chi connectivity index (χ3n) is 2.60. The highest BCUT2D eigenvalue weighted by atomic mass is 35.5. The minimum Gasteiger partial charge on any atom is -0.258 e. The Bertz CT molecular complexity index is 372. The molecule has 16 heavy (non-hydrogen) atoms. The van der Waals surface area contributed by atoms with Gasteiger partial charge in [-0.3, -0.25) is 15.1 Å². The fourth-order valence-electron chi connectivity index (χ4n) is 1.97. The van der Waals surface area contributed by atoms with E-state index >= 15 is 0 Å². The van der Waals surface area contributed by atoms with Crippen LogP contribution in [-0.4, -0.2) is 15.3 Å². The number of alkyl halides is 1. The fourth-order valence-corrected chi connectivity index (χ4v) is 2.39. The van der Waals surface area contributed by atoms with Gasteiger partial charge in [-0.25, -0.2) is 0 Å². The van der Waals surface area contributed by atoms with Crippen LogP contribution < -0.4 is 0 Å². The van der Waals surface area contributed by atoms with E-state index < -0.39 is 4.92 Å². The lowest BCUT2D eigenvalue weighted by atomic mass is 9.86. The van der Waals surface area contributed by atoms with Crippen LogP contribution in [0.5, 0.6) is 0 Å². The van der Waals surface area contributed by atoms with Crippen LogP contribution in [0.1, 0.15) is 32.3 Å². The first-order chi connectivity index (χ1) is 7.45. The molecule has 0 bridgehead atoms. The molecule has 0 fully saturated rings. The number of halogens is 1. The molecule has 0 amide bonds. The molecule has 1 heterocycles. The van der Waals surface area contributed by atoms with Crippen LogP contribution in [0.4, 0.5) is 5.69 Å². The first kappa shape index (κ1) is 12.9. The van der Waals surface area contributed by atoms with Gasteiger partial charge in [0.2, 0.25) is 0 Å². The maximum Gasteiger partial charge on any atom is 0.291 e. The van der Waals surface area contributed by atoms with E-state index in [0.717, 1.165) is 0 Å². The summed E-state index contributed by atoms with van der Waals surface area (Å²) in [5.41, 5.74) is 0.714. The molecule has 0 N–H and O–H groups in total. The van der Waals surface area contributed by atoms with Crippen LogP contribution in [0.3, 0.4) is 0 Å². The van der Waals surface area contributed by atoms with Crippen molar-refractivity contribution in [1.29, 1.82) is 0 Å². The van der Waals surface area contributed by atoms with E-state index in [1.54, 1.807) is 12.3 Å². The van der Waals surface area contributed by atoms with Crippen LogP contribution in [0.2, 0.25) is 0 Å². The summed E-state index contributed by atoms with van der Waals surface area (Å²) in [6, 6.07) is 1.68. The summed E-state index contributed by atoms with van der Waals surface area (Å²) in [6.07, 6.45) is 2.85. The maximum absolute atomic E-state index is 10.9. The van der Waals surface area contributed by atoms with Gasteiger partial charge >= 0.3 is 0 Å². The highest BCUT2D eigenvalue weighted by molar-refractivity contribution is 6.21. The Morgan fingerprint density at radius 1 is 1.44 bits per heavy atom. The second-order valence-corrected chi connectivity index (χ2v) is 4.83. The van der Waals surface area contributed by atoms with Crippen molar-refractivity contribution >= 4 is 17.3 Å². The largest absolute Gasteiger partial charge is 0.291 e. The summed E-state index contributed by atoms with van der Waals surface area (Å²) in [4.78, 5) is 14.3. The summed E-state index contributed by atoms with van der Waals surface area (Å²) in [7, 11) is 0. The first-order valence-corrected chi connectivity index (χ1v) is 5.61. The van der Waals surface area contributed by atoms with Gasteiger partial charge in [-0.2, -0.15) is 0 Å². The molecule has 0 aliphatic heterocycles. The van der Waals surface area contributed by atoms with Gasteiger partial charge in [0.25, 0.3) is 5.69 Å². The number of pyridine rings is 1. The molecule has 4 nitrogen and oxygen atoms in total. The molecule has 2 atom stereocenters. The van der Waals surface area contributed by atoms with Gasteiger partial charge < -0.3 is 0 Å². The second kappa shape index (κ2) is 5.25. The molecule has 2 unspecified atom stereocenters. The highest BCUT2D eigenvalue weighted by Crippen LogP contribution is 2.35. The third kappa shape index (κ3) is 2.70. The van der Waals surface area contributed by atoms with Crippen molar-refractivity contribution in [1.82, 2.24) is 4.98 Å². The van der Waals surface area contributed by atoms with Crippen molar-refractivity contribution in [2.75, 3.05) is 0 Å². The predicted molar refractivity (Wildman–Crippen MR) is 63.8 cm³/mol. The average molecular weight is 243 g/mol. The van der Waals surface area contributed by atoms with E-state index in [1.165, 1.54) is 6.20 Å². The predicted octanol–water partition coefficient (Wildman–Crippen LogP) is 3.36. The van der Waals surface area contributed by atoms with Crippen molar-refractivity contribution < 1.29 is 4.92 Å². The molecular weight excluding hydrogens is 228 g/mol. The van der Waals surface area contributed by atoms with Crippen molar-refractivity contribution in [2.24, 2.45) is 5.92 Å². The Kier molecular flexibility index (Phi) is 4.24. The zero-order valence-corrected chi connectivity index (χ0v) is 10.3. The van der Waals surface area contributed by atoms with Gasteiger partial charge in [-0.15, -0.1) is 11.6 Å². The smallest absolute Gasteiger partial charge is 0.258 e. The zero-order chi connectivity index (χ0) is 12.3. The van der Waals surface area contributed by atoms with E-state index in [1.807, 2.05) is 20.8 Å². The Balaban J connectivity index is 3.23. The molecule has 88 valence electrons. The lowest BCUT2D eigenvalue weighted by molar-refractivity contribution is -0.386. The topological polar surface area (TPSA) is 56.0 Å². The van der Waals surface area contributed by atoms with E-state index in [2.05, 4.69) is 4.98 Å². The molecule has 5 heteroatoms. The van der Waals surface area contributed by atoms with E-state index in [0.29, 0.717) is 5.56 Å². The Hall–Kier alpha value is -1.16. The van der Waals surface area contributed by atoms with Crippen molar-refractivity contribution in [3.63, 3.8) is 0 Å². The van der Waals surface area contributed by atoms with Gasteiger partial charge in [0.15, 0.2) is 0 Å². The second-order valence-electron chi connectivity index (χ2n) is 4.14. The first-order valence-electron chi connectivity index (χ1n) is 5.17. The molecule has 0 aromatic carbocycles. The lowest BCUT2D eigenvalue weighted by Crippen LogP contribution is -2.17. The SMILES string of the molecule is CC(C)C(c1ccncc1[N+](=O)[O-])C(C)Cl. The summed E-state index contributed by atoms with van der Waals surface area (Å²) in [5.74, 6) is 0.207. The third-order valence-corrected chi connectivity index (χ3v) is 2.87. The van der Waals surface area contributed by atoms with Crippen LogP contribution in [-0.2, 0) is 0 Å². The molecule has 0 aliphatic carbocycles. The summed E-state index contributed by atoms with van der Waals surface area (Å²) in [5, 5.41) is 10.7. The standard InChI is InChI=1S/C11H15ClN2O2/c1-7(2)11(8(3)12)9-4-5-13-6-10(9)14(15)16/h4-8,11H,1-3H3. The molecular formula is C11H15ClN2O2.